The summed E-state index contributed by atoms with van der Waals surface area (Å²) in [5, 5.41) is 8.88. The van der Waals surface area contributed by atoms with Crippen molar-refractivity contribution in [3.63, 3.8) is 0 Å². The van der Waals surface area contributed by atoms with Gasteiger partial charge in [-0.3, -0.25) is 9.69 Å². The molecule has 2 atom stereocenters. The zero-order chi connectivity index (χ0) is 15.4. The molecule has 0 bridgehead atoms. The molecule has 3 nitrogen and oxygen atoms in total. The summed E-state index contributed by atoms with van der Waals surface area (Å²) in [5.74, 6) is -1.44. The number of likely N-dealkylation sites (tertiary alicyclic amines) is 1. The molecule has 1 fully saturated rings. The maximum Gasteiger partial charge on any atom is 0.303 e. The number of benzene rings is 1. The highest BCUT2D eigenvalue weighted by molar-refractivity contribution is 5.67. The number of carboxylic acids is 1. The smallest absolute Gasteiger partial charge is 0.303 e. The van der Waals surface area contributed by atoms with E-state index in [0.717, 1.165) is 32.0 Å². The molecule has 1 aliphatic heterocycles. The van der Waals surface area contributed by atoms with Crippen LogP contribution in [0, 0.1) is 23.5 Å². The molecule has 1 heterocycles. The summed E-state index contributed by atoms with van der Waals surface area (Å²) in [6.45, 7) is 4.14. The SMILES string of the molecule is CC(CC(=O)O)C1CCCN(Cc2cc(F)cc(F)c2)C1. The van der Waals surface area contributed by atoms with Crippen LogP contribution in [0.5, 0.6) is 0 Å². The summed E-state index contributed by atoms with van der Waals surface area (Å²) in [6.07, 6.45) is 2.18. The van der Waals surface area contributed by atoms with E-state index < -0.39 is 17.6 Å². The number of nitrogens with zero attached hydrogens (tertiary/aromatic N) is 1. The van der Waals surface area contributed by atoms with Crippen LogP contribution in [0.3, 0.4) is 0 Å². The highest BCUT2D eigenvalue weighted by atomic mass is 19.1. The van der Waals surface area contributed by atoms with Gasteiger partial charge in [-0.15, -0.1) is 0 Å². The van der Waals surface area contributed by atoms with Gasteiger partial charge in [-0.05, 0) is 48.9 Å². The van der Waals surface area contributed by atoms with E-state index in [9.17, 15) is 13.6 Å². The van der Waals surface area contributed by atoms with Gasteiger partial charge in [-0.1, -0.05) is 6.92 Å². The molecule has 0 amide bonds. The van der Waals surface area contributed by atoms with Crippen LogP contribution in [0.2, 0.25) is 0 Å². The van der Waals surface area contributed by atoms with Crippen molar-refractivity contribution in [1.82, 2.24) is 4.90 Å². The van der Waals surface area contributed by atoms with Crippen LogP contribution in [-0.4, -0.2) is 29.1 Å². The van der Waals surface area contributed by atoms with Gasteiger partial charge in [0.2, 0.25) is 0 Å². The zero-order valence-electron chi connectivity index (χ0n) is 12.2. The second kappa shape index (κ2) is 6.98. The standard InChI is InChI=1S/C16H21F2NO2/c1-11(5-16(20)21)13-3-2-4-19(10-13)9-12-6-14(17)8-15(18)7-12/h6-8,11,13H,2-5,9-10H2,1H3,(H,20,21). The minimum atomic E-state index is -0.771. The Labute approximate surface area is 123 Å². The van der Waals surface area contributed by atoms with E-state index in [-0.39, 0.29) is 12.3 Å². The summed E-state index contributed by atoms with van der Waals surface area (Å²) in [5.41, 5.74) is 0.624. The van der Waals surface area contributed by atoms with E-state index in [1.165, 1.54) is 12.1 Å². The van der Waals surface area contributed by atoms with Crippen molar-refractivity contribution >= 4 is 5.97 Å². The minimum Gasteiger partial charge on any atom is -0.481 e. The third kappa shape index (κ3) is 4.77. The van der Waals surface area contributed by atoms with E-state index in [1.807, 2.05) is 6.92 Å². The van der Waals surface area contributed by atoms with Crippen LogP contribution in [-0.2, 0) is 11.3 Å². The number of rotatable bonds is 5. The van der Waals surface area contributed by atoms with Gasteiger partial charge in [0.1, 0.15) is 11.6 Å². The van der Waals surface area contributed by atoms with Crippen LogP contribution in [0.15, 0.2) is 18.2 Å². The Morgan fingerprint density at radius 2 is 2.05 bits per heavy atom. The predicted molar refractivity (Wildman–Crippen MR) is 75.8 cm³/mol. The van der Waals surface area contributed by atoms with Crippen LogP contribution in [0.4, 0.5) is 8.78 Å². The van der Waals surface area contributed by atoms with E-state index in [2.05, 4.69) is 4.90 Å². The fourth-order valence-electron chi connectivity index (χ4n) is 3.10. The summed E-state index contributed by atoms with van der Waals surface area (Å²) < 4.78 is 26.4. The lowest BCUT2D eigenvalue weighted by Gasteiger charge is -2.35. The zero-order valence-corrected chi connectivity index (χ0v) is 12.2. The van der Waals surface area contributed by atoms with Crippen LogP contribution in [0.1, 0.15) is 31.7 Å². The van der Waals surface area contributed by atoms with Gasteiger partial charge in [0.25, 0.3) is 0 Å². The predicted octanol–water partition coefficient (Wildman–Crippen LogP) is 3.29. The van der Waals surface area contributed by atoms with Crippen molar-refractivity contribution in [2.45, 2.75) is 32.7 Å². The van der Waals surface area contributed by atoms with Gasteiger partial charge >= 0.3 is 5.97 Å². The average molecular weight is 297 g/mol. The summed E-state index contributed by atoms with van der Waals surface area (Å²) in [6, 6.07) is 3.58. The normalized spacial score (nSPS) is 21.2. The molecule has 1 saturated heterocycles. The number of carboxylic acid groups (broad SMARTS) is 1. The fraction of sp³-hybridized carbons (Fsp3) is 0.562. The molecular weight excluding hydrogens is 276 g/mol. The molecule has 0 radical (unpaired) electrons. The van der Waals surface area contributed by atoms with Crippen molar-refractivity contribution in [3.8, 4) is 0 Å². The van der Waals surface area contributed by atoms with Gasteiger partial charge in [0, 0.05) is 25.6 Å². The second-order valence-electron chi connectivity index (χ2n) is 5.99. The number of carbonyl (C=O) groups is 1. The van der Waals surface area contributed by atoms with Gasteiger partial charge in [0.15, 0.2) is 0 Å². The largest absolute Gasteiger partial charge is 0.481 e. The maximum atomic E-state index is 13.2. The topological polar surface area (TPSA) is 40.5 Å². The maximum absolute atomic E-state index is 13.2. The van der Waals surface area contributed by atoms with Crippen LogP contribution < -0.4 is 0 Å². The number of hydrogen-bond donors (Lipinski definition) is 1. The van der Waals surface area contributed by atoms with E-state index in [4.69, 9.17) is 5.11 Å². The van der Waals surface area contributed by atoms with Crippen LogP contribution >= 0.6 is 0 Å². The van der Waals surface area contributed by atoms with Crippen molar-refractivity contribution < 1.29 is 18.7 Å². The lowest BCUT2D eigenvalue weighted by Crippen LogP contribution is -2.37. The van der Waals surface area contributed by atoms with Crippen molar-refractivity contribution in [1.29, 1.82) is 0 Å². The molecule has 0 saturated carbocycles. The lowest BCUT2D eigenvalue weighted by molar-refractivity contribution is -0.138. The Morgan fingerprint density at radius 1 is 1.38 bits per heavy atom. The summed E-state index contributed by atoms with van der Waals surface area (Å²) in [4.78, 5) is 13.0. The first-order chi connectivity index (χ1) is 9.94. The second-order valence-corrected chi connectivity index (χ2v) is 5.99. The third-order valence-electron chi connectivity index (χ3n) is 4.17. The highest BCUT2D eigenvalue weighted by Crippen LogP contribution is 2.27. The minimum absolute atomic E-state index is 0.120. The first kappa shape index (κ1) is 15.9. The van der Waals surface area contributed by atoms with Gasteiger partial charge in [-0.25, -0.2) is 8.78 Å². The molecule has 5 heteroatoms. The highest BCUT2D eigenvalue weighted by Gasteiger charge is 2.26. The van der Waals surface area contributed by atoms with Crippen molar-refractivity contribution in [2.24, 2.45) is 11.8 Å². The van der Waals surface area contributed by atoms with Gasteiger partial charge < -0.3 is 5.11 Å². The molecule has 0 spiro atoms. The number of aliphatic carboxylic acids is 1. The Kier molecular flexibility index (Phi) is 5.28. The molecule has 0 aliphatic carbocycles. The van der Waals surface area contributed by atoms with Crippen molar-refractivity contribution in [2.75, 3.05) is 13.1 Å². The number of hydrogen-bond acceptors (Lipinski definition) is 2. The number of piperidine rings is 1. The lowest BCUT2D eigenvalue weighted by atomic mass is 9.84. The first-order valence-corrected chi connectivity index (χ1v) is 7.33. The Hall–Kier alpha value is -1.49. The Balaban J connectivity index is 1.96. The molecule has 1 aromatic rings. The first-order valence-electron chi connectivity index (χ1n) is 7.33. The van der Waals surface area contributed by atoms with Gasteiger partial charge in [-0.2, -0.15) is 0 Å². The Morgan fingerprint density at radius 3 is 2.67 bits per heavy atom. The molecule has 2 unspecified atom stereocenters. The quantitative estimate of drug-likeness (QED) is 0.906. The molecule has 116 valence electrons. The molecule has 1 aromatic carbocycles. The molecule has 1 aliphatic rings. The number of halogens is 2. The van der Waals surface area contributed by atoms with E-state index in [0.29, 0.717) is 18.0 Å². The molecule has 0 aromatic heterocycles. The summed E-state index contributed by atoms with van der Waals surface area (Å²) in [7, 11) is 0. The fourth-order valence-corrected chi connectivity index (χ4v) is 3.10. The summed E-state index contributed by atoms with van der Waals surface area (Å²) >= 11 is 0. The average Bonchev–Trinajstić information content (AvgIpc) is 2.37. The Bertz CT molecular complexity index is 487. The van der Waals surface area contributed by atoms with Gasteiger partial charge in [0.05, 0.1) is 0 Å². The molecular formula is C16H21F2NO2. The van der Waals surface area contributed by atoms with Crippen molar-refractivity contribution in [3.05, 3.63) is 35.4 Å². The molecule has 21 heavy (non-hydrogen) atoms. The molecule has 2 rings (SSSR count). The third-order valence-corrected chi connectivity index (χ3v) is 4.17. The monoisotopic (exact) mass is 297 g/mol. The molecule has 1 N–H and O–H groups in total. The van der Waals surface area contributed by atoms with Crippen LogP contribution in [0.25, 0.3) is 0 Å². The van der Waals surface area contributed by atoms with E-state index in [1.54, 1.807) is 0 Å². The van der Waals surface area contributed by atoms with E-state index >= 15 is 0 Å².